The standard InChI is InChI=1S/C17H22N6O/c18-6-3-7-19-16-20-10-14-15(22-16)23(17(24)21-14)13-8-11-4-1-2-5-12(11)9-13/h4-5,10,13H,1-3,6-9,18H2,(H,21,24)(H,19,20,22). The monoisotopic (exact) mass is 326 g/mol. The Morgan fingerprint density at radius 2 is 2.04 bits per heavy atom. The van der Waals surface area contributed by atoms with Crippen LogP contribution in [0.2, 0.25) is 0 Å². The molecule has 0 amide bonds. The summed E-state index contributed by atoms with van der Waals surface area (Å²) >= 11 is 0. The third-order valence-corrected chi connectivity index (χ3v) is 4.76. The first-order valence-electron chi connectivity index (χ1n) is 8.56. The van der Waals surface area contributed by atoms with Crippen LogP contribution in [0.5, 0.6) is 0 Å². The first-order valence-corrected chi connectivity index (χ1v) is 8.56. The maximum Gasteiger partial charge on any atom is 0.327 e. The number of aromatic amines is 1. The summed E-state index contributed by atoms with van der Waals surface area (Å²) in [6.07, 6.45) is 11.2. The normalized spacial score (nSPS) is 17.7. The molecule has 2 heterocycles. The Morgan fingerprint density at radius 1 is 1.29 bits per heavy atom. The fourth-order valence-electron chi connectivity index (χ4n) is 3.61. The van der Waals surface area contributed by atoms with E-state index in [0.717, 1.165) is 38.6 Å². The summed E-state index contributed by atoms with van der Waals surface area (Å²) in [6.45, 7) is 1.34. The average molecular weight is 326 g/mol. The minimum atomic E-state index is -0.108. The van der Waals surface area contributed by atoms with Gasteiger partial charge in [-0.05, 0) is 49.8 Å². The molecule has 2 aliphatic carbocycles. The van der Waals surface area contributed by atoms with E-state index >= 15 is 0 Å². The molecule has 7 nitrogen and oxygen atoms in total. The molecule has 4 N–H and O–H groups in total. The Hall–Kier alpha value is -2.41. The molecule has 0 bridgehead atoms. The Morgan fingerprint density at radius 3 is 2.75 bits per heavy atom. The van der Waals surface area contributed by atoms with Gasteiger partial charge in [0.1, 0.15) is 5.52 Å². The Labute approximate surface area is 139 Å². The Kier molecular flexibility index (Phi) is 3.93. The van der Waals surface area contributed by atoms with E-state index in [2.05, 4.69) is 32.4 Å². The lowest BCUT2D eigenvalue weighted by Gasteiger charge is -2.10. The number of nitrogens with one attached hydrogen (secondary N) is 2. The van der Waals surface area contributed by atoms with Gasteiger partial charge in [0.15, 0.2) is 5.65 Å². The largest absolute Gasteiger partial charge is 0.354 e. The van der Waals surface area contributed by atoms with Crippen molar-refractivity contribution >= 4 is 17.1 Å². The lowest BCUT2D eigenvalue weighted by molar-refractivity contribution is 0.533. The van der Waals surface area contributed by atoms with Crippen LogP contribution in [0.3, 0.4) is 0 Å². The van der Waals surface area contributed by atoms with Gasteiger partial charge >= 0.3 is 5.69 Å². The van der Waals surface area contributed by atoms with Crippen LogP contribution in [-0.2, 0) is 0 Å². The summed E-state index contributed by atoms with van der Waals surface area (Å²) in [5.74, 6) is 0.539. The van der Waals surface area contributed by atoms with E-state index in [-0.39, 0.29) is 11.7 Å². The third kappa shape index (κ3) is 2.65. The quantitative estimate of drug-likeness (QED) is 0.728. The number of allylic oxidation sites excluding steroid dienone is 4. The molecular weight excluding hydrogens is 304 g/mol. The Bertz CT molecular complexity index is 853. The van der Waals surface area contributed by atoms with Crippen molar-refractivity contribution in [2.45, 2.75) is 38.1 Å². The van der Waals surface area contributed by atoms with E-state index in [0.29, 0.717) is 23.7 Å². The van der Waals surface area contributed by atoms with Gasteiger partial charge in [0.2, 0.25) is 5.95 Å². The molecule has 0 atom stereocenters. The number of hydrogen-bond acceptors (Lipinski definition) is 5. The molecule has 0 aliphatic heterocycles. The second-order valence-electron chi connectivity index (χ2n) is 6.40. The number of nitrogens with zero attached hydrogens (tertiary/aromatic N) is 3. The van der Waals surface area contributed by atoms with Crippen molar-refractivity contribution in [3.63, 3.8) is 0 Å². The lowest BCUT2D eigenvalue weighted by atomic mass is 10.0. The molecule has 2 aromatic rings. The summed E-state index contributed by atoms with van der Waals surface area (Å²) in [5, 5.41) is 3.16. The van der Waals surface area contributed by atoms with Gasteiger partial charge in [-0.3, -0.25) is 4.57 Å². The van der Waals surface area contributed by atoms with Crippen LogP contribution in [0.4, 0.5) is 5.95 Å². The van der Waals surface area contributed by atoms with Gasteiger partial charge in [-0.1, -0.05) is 12.2 Å². The van der Waals surface area contributed by atoms with E-state index in [1.54, 1.807) is 10.8 Å². The van der Waals surface area contributed by atoms with Crippen molar-refractivity contribution in [2.75, 3.05) is 18.4 Å². The van der Waals surface area contributed by atoms with Gasteiger partial charge in [-0.15, -0.1) is 0 Å². The van der Waals surface area contributed by atoms with Crippen molar-refractivity contribution < 1.29 is 0 Å². The maximum atomic E-state index is 12.5. The van der Waals surface area contributed by atoms with Crippen LogP contribution in [-0.4, -0.2) is 32.6 Å². The smallest absolute Gasteiger partial charge is 0.327 e. The van der Waals surface area contributed by atoms with Gasteiger partial charge in [-0.25, -0.2) is 9.78 Å². The number of nitrogens with two attached hydrogens (primary N) is 1. The fourth-order valence-corrected chi connectivity index (χ4v) is 3.61. The maximum absolute atomic E-state index is 12.5. The Balaban J connectivity index is 1.68. The molecule has 7 heteroatoms. The molecule has 0 spiro atoms. The van der Waals surface area contributed by atoms with Crippen LogP contribution >= 0.6 is 0 Å². The van der Waals surface area contributed by atoms with Crippen LogP contribution < -0.4 is 16.7 Å². The molecule has 0 saturated heterocycles. The first-order chi connectivity index (χ1) is 11.8. The van der Waals surface area contributed by atoms with Crippen molar-refractivity contribution in [3.8, 4) is 0 Å². The summed E-state index contributed by atoms with van der Waals surface area (Å²) < 4.78 is 1.80. The van der Waals surface area contributed by atoms with Gasteiger partial charge in [0.25, 0.3) is 0 Å². The average Bonchev–Trinajstić information content (AvgIpc) is 3.14. The molecule has 1 fully saturated rings. The molecular formula is C17H22N6O. The molecule has 24 heavy (non-hydrogen) atoms. The number of anilines is 1. The summed E-state index contributed by atoms with van der Waals surface area (Å²) in [5.41, 5.74) is 9.54. The highest BCUT2D eigenvalue weighted by atomic mass is 16.1. The van der Waals surface area contributed by atoms with Crippen LogP contribution in [0.1, 0.15) is 38.1 Å². The third-order valence-electron chi connectivity index (χ3n) is 4.76. The van der Waals surface area contributed by atoms with Gasteiger partial charge in [0, 0.05) is 12.6 Å². The molecule has 2 aromatic heterocycles. The predicted octanol–water partition coefficient (Wildman–Crippen LogP) is 1.86. The number of H-pyrrole nitrogens is 1. The highest BCUT2D eigenvalue weighted by molar-refractivity contribution is 5.71. The van der Waals surface area contributed by atoms with E-state index in [1.165, 1.54) is 11.1 Å². The van der Waals surface area contributed by atoms with Crippen molar-refractivity contribution in [3.05, 3.63) is 40.0 Å². The zero-order valence-corrected chi connectivity index (χ0v) is 13.6. The zero-order chi connectivity index (χ0) is 16.5. The minimum absolute atomic E-state index is 0.108. The second kappa shape index (κ2) is 6.24. The summed E-state index contributed by atoms with van der Waals surface area (Å²) in [7, 11) is 0. The van der Waals surface area contributed by atoms with E-state index in [1.807, 2.05) is 0 Å². The van der Waals surface area contributed by atoms with Crippen molar-refractivity contribution in [1.29, 1.82) is 0 Å². The molecule has 1 saturated carbocycles. The van der Waals surface area contributed by atoms with Gasteiger partial charge < -0.3 is 16.0 Å². The number of rotatable bonds is 5. The van der Waals surface area contributed by atoms with Crippen LogP contribution in [0.15, 0.2) is 34.3 Å². The zero-order valence-electron chi connectivity index (χ0n) is 13.6. The number of imidazole rings is 1. The summed E-state index contributed by atoms with van der Waals surface area (Å²) in [4.78, 5) is 24.2. The van der Waals surface area contributed by atoms with Gasteiger partial charge in [-0.2, -0.15) is 4.98 Å². The van der Waals surface area contributed by atoms with Crippen LogP contribution in [0.25, 0.3) is 11.2 Å². The molecule has 2 aliphatic rings. The molecule has 126 valence electrons. The minimum Gasteiger partial charge on any atom is -0.354 e. The van der Waals surface area contributed by atoms with Gasteiger partial charge in [0.05, 0.1) is 6.20 Å². The second-order valence-corrected chi connectivity index (χ2v) is 6.40. The fraction of sp³-hybridized carbons (Fsp3) is 0.471. The molecule has 4 rings (SSSR count). The molecule has 0 unspecified atom stereocenters. The number of aromatic nitrogens is 4. The summed E-state index contributed by atoms with van der Waals surface area (Å²) in [6, 6.07) is 0.133. The highest BCUT2D eigenvalue weighted by Gasteiger charge is 2.29. The number of hydrogen-bond donors (Lipinski definition) is 3. The van der Waals surface area contributed by atoms with Crippen LogP contribution in [0, 0.1) is 0 Å². The van der Waals surface area contributed by atoms with E-state index in [9.17, 15) is 4.79 Å². The SMILES string of the molecule is NCCCNc1ncc2[nH]c(=O)n(C3CC4=CCCC=C4C3)c2n1. The van der Waals surface area contributed by atoms with Crippen molar-refractivity contribution in [2.24, 2.45) is 5.73 Å². The lowest BCUT2D eigenvalue weighted by Crippen LogP contribution is -2.21. The molecule has 0 radical (unpaired) electrons. The topological polar surface area (TPSA) is 102 Å². The van der Waals surface area contributed by atoms with Crippen molar-refractivity contribution in [1.82, 2.24) is 19.5 Å². The van der Waals surface area contributed by atoms with E-state index in [4.69, 9.17) is 5.73 Å². The number of fused-ring (bicyclic) bond motifs is 2. The highest BCUT2D eigenvalue weighted by Crippen LogP contribution is 2.41. The molecule has 0 aromatic carbocycles. The van der Waals surface area contributed by atoms with E-state index < -0.39 is 0 Å². The predicted molar refractivity (Wildman–Crippen MR) is 94.0 cm³/mol. The first kappa shape index (κ1) is 15.1.